The minimum absolute atomic E-state index is 0.167. The highest BCUT2D eigenvalue weighted by Gasteiger charge is 2.28. The number of hydrogen-bond acceptors (Lipinski definition) is 2. The molecule has 0 fully saturated rings. The topological polar surface area (TPSA) is 34.1 Å². The summed E-state index contributed by atoms with van der Waals surface area (Å²) in [5.41, 5.74) is 1.54. The summed E-state index contributed by atoms with van der Waals surface area (Å²) in [5.74, 6) is -0.333. The van der Waals surface area contributed by atoms with Gasteiger partial charge in [0.25, 0.3) is 0 Å². The van der Waals surface area contributed by atoms with Crippen molar-refractivity contribution in [1.82, 2.24) is 0 Å². The first-order chi connectivity index (χ1) is 9.70. The molecule has 0 saturated heterocycles. The third-order valence-electron chi connectivity index (χ3n) is 2.60. The Labute approximate surface area is 120 Å². The Kier molecular flexibility index (Phi) is 7.53. The molecular formula is C18H20O2. The molecule has 0 heterocycles. The van der Waals surface area contributed by atoms with Gasteiger partial charge in [-0.1, -0.05) is 63.4 Å². The molecule has 0 saturated carbocycles. The molecule has 0 amide bonds. The van der Waals surface area contributed by atoms with E-state index in [9.17, 15) is 9.59 Å². The van der Waals surface area contributed by atoms with E-state index in [1.807, 2.05) is 13.8 Å². The zero-order valence-corrected chi connectivity index (χ0v) is 12.1. The summed E-state index contributed by atoms with van der Waals surface area (Å²) >= 11 is 0. The summed E-state index contributed by atoms with van der Waals surface area (Å²) in [6.45, 7) is 17.1. The van der Waals surface area contributed by atoms with Crippen LogP contribution in [0.2, 0.25) is 0 Å². The zero-order chi connectivity index (χ0) is 15.7. The molecule has 0 N–H and O–H groups in total. The number of Topliss-reactive ketones (excluding diaryl/α,β-unsaturated/α-hetero) is 2. The van der Waals surface area contributed by atoms with E-state index in [2.05, 4.69) is 26.3 Å². The minimum atomic E-state index is -0.167. The predicted octanol–water partition coefficient (Wildman–Crippen LogP) is 4.56. The molecule has 0 spiro atoms. The van der Waals surface area contributed by atoms with Crippen molar-refractivity contribution in [2.24, 2.45) is 0 Å². The van der Waals surface area contributed by atoms with Gasteiger partial charge in [0.15, 0.2) is 11.6 Å². The van der Waals surface area contributed by atoms with Crippen LogP contribution in [0.25, 0.3) is 0 Å². The smallest absolute Gasteiger partial charge is 0.194 e. The van der Waals surface area contributed by atoms with Crippen molar-refractivity contribution in [3.8, 4) is 0 Å². The van der Waals surface area contributed by atoms with E-state index in [-0.39, 0.29) is 11.6 Å². The molecule has 0 atom stereocenters. The molecule has 1 aliphatic rings. The molecule has 0 aromatic heterocycles. The Balaban J connectivity index is 0.000000829. The maximum Gasteiger partial charge on any atom is 0.194 e. The van der Waals surface area contributed by atoms with E-state index in [1.165, 1.54) is 12.2 Å². The lowest BCUT2D eigenvalue weighted by molar-refractivity contribution is 0.0980. The highest BCUT2D eigenvalue weighted by molar-refractivity contribution is 6.28. The molecule has 0 unspecified atom stereocenters. The first kappa shape index (κ1) is 17.5. The van der Waals surface area contributed by atoms with Crippen molar-refractivity contribution in [3.63, 3.8) is 0 Å². The van der Waals surface area contributed by atoms with E-state index in [4.69, 9.17) is 0 Å². The lowest BCUT2D eigenvalue weighted by atomic mass is 9.84. The fraction of sp³-hybridized carbons (Fsp3) is 0.111. The number of fused-ring (bicyclic) bond motifs is 1. The fourth-order valence-electron chi connectivity index (χ4n) is 1.82. The Morgan fingerprint density at radius 1 is 0.800 bits per heavy atom. The zero-order valence-electron chi connectivity index (χ0n) is 12.1. The molecule has 104 valence electrons. The first-order valence-corrected chi connectivity index (χ1v) is 6.38. The van der Waals surface area contributed by atoms with Gasteiger partial charge in [-0.25, -0.2) is 0 Å². The second-order valence-corrected chi connectivity index (χ2v) is 3.44. The van der Waals surface area contributed by atoms with Gasteiger partial charge in [0.2, 0.25) is 0 Å². The Bertz CT molecular complexity index is 514. The van der Waals surface area contributed by atoms with Crippen molar-refractivity contribution in [2.45, 2.75) is 13.8 Å². The van der Waals surface area contributed by atoms with Crippen molar-refractivity contribution in [2.75, 3.05) is 0 Å². The molecule has 0 bridgehead atoms. The van der Waals surface area contributed by atoms with E-state index in [0.29, 0.717) is 22.3 Å². The SMILES string of the molecule is C=C.C=CC1=C(C=C)C(=O)c2ccccc2C1=O.CC. The molecule has 0 aliphatic heterocycles. The molecule has 1 aliphatic carbocycles. The average Bonchev–Trinajstić information content (AvgIpc) is 2.54. The molecule has 0 radical (unpaired) electrons. The minimum Gasteiger partial charge on any atom is -0.289 e. The number of rotatable bonds is 2. The van der Waals surface area contributed by atoms with Crippen LogP contribution in [0.1, 0.15) is 34.6 Å². The molecule has 2 nitrogen and oxygen atoms in total. The summed E-state index contributed by atoms with van der Waals surface area (Å²) in [6, 6.07) is 6.78. The molecule has 2 rings (SSSR count). The van der Waals surface area contributed by atoms with Gasteiger partial charge in [-0.15, -0.1) is 13.2 Å². The van der Waals surface area contributed by atoms with E-state index >= 15 is 0 Å². The highest BCUT2D eigenvalue weighted by Crippen LogP contribution is 2.27. The predicted molar refractivity (Wildman–Crippen MR) is 85.1 cm³/mol. The average molecular weight is 268 g/mol. The van der Waals surface area contributed by atoms with Gasteiger partial charge in [0.05, 0.1) is 0 Å². The largest absolute Gasteiger partial charge is 0.289 e. The van der Waals surface area contributed by atoms with Gasteiger partial charge in [-0.3, -0.25) is 9.59 Å². The van der Waals surface area contributed by atoms with Crippen LogP contribution in [0, 0.1) is 0 Å². The Morgan fingerprint density at radius 2 is 1.10 bits per heavy atom. The standard InChI is InChI=1S/C14H10O2.C2H6.C2H4/c1-3-9-10(4-2)14(16)12-8-6-5-7-11(12)13(9)15;2*1-2/h3-8H,1-2H2;1-2H3;1-2H2. The van der Waals surface area contributed by atoms with Gasteiger partial charge in [0.1, 0.15) is 0 Å². The molecule has 1 aromatic rings. The van der Waals surface area contributed by atoms with Gasteiger partial charge in [-0.05, 0) is 0 Å². The van der Waals surface area contributed by atoms with Gasteiger partial charge in [-0.2, -0.15) is 0 Å². The number of benzene rings is 1. The van der Waals surface area contributed by atoms with E-state index < -0.39 is 0 Å². The molecular weight excluding hydrogens is 248 g/mol. The lowest BCUT2D eigenvalue weighted by Crippen LogP contribution is -2.20. The van der Waals surface area contributed by atoms with Gasteiger partial charge in [0, 0.05) is 22.3 Å². The van der Waals surface area contributed by atoms with E-state index in [0.717, 1.165) is 0 Å². The van der Waals surface area contributed by atoms with Crippen LogP contribution in [0.5, 0.6) is 0 Å². The van der Waals surface area contributed by atoms with E-state index in [1.54, 1.807) is 24.3 Å². The maximum absolute atomic E-state index is 12.0. The summed E-state index contributed by atoms with van der Waals surface area (Å²) in [4.78, 5) is 24.1. The van der Waals surface area contributed by atoms with Gasteiger partial charge >= 0.3 is 0 Å². The highest BCUT2D eigenvalue weighted by atomic mass is 16.1. The van der Waals surface area contributed by atoms with Gasteiger partial charge < -0.3 is 0 Å². The summed E-state index contributed by atoms with van der Waals surface area (Å²) in [5, 5.41) is 0. The summed E-state index contributed by atoms with van der Waals surface area (Å²) in [6.07, 6.45) is 2.82. The molecule has 20 heavy (non-hydrogen) atoms. The second kappa shape index (κ2) is 8.59. The van der Waals surface area contributed by atoms with Crippen molar-refractivity contribution >= 4 is 11.6 Å². The maximum atomic E-state index is 12.0. The second-order valence-electron chi connectivity index (χ2n) is 3.44. The monoisotopic (exact) mass is 268 g/mol. The summed E-state index contributed by atoms with van der Waals surface area (Å²) < 4.78 is 0. The third kappa shape index (κ3) is 3.09. The number of hydrogen-bond donors (Lipinski definition) is 0. The quantitative estimate of drug-likeness (QED) is 0.737. The van der Waals surface area contributed by atoms with Crippen LogP contribution < -0.4 is 0 Å². The Morgan fingerprint density at radius 3 is 1.35 bits per heavy atom. The van der Waals surface area contributed by atoms with Crippen LogP contribution in [0.15, 0.2) is 73.9 Å². The van der Waals surface area contributed by atoms with Crippen molar-refractivity contribution < 1.29 is 9.59 Å². The lowest BCUT2D eigenvalue weighted by Gasteiger charge is -2.16. The number of allylic oxidation sites excluding steroid dienone is 4. The van der Waals surface area contributed by atoms with Crippen LogP contribution in [-0.4, -0.2) is 11.6 Å². The normalized spacial score (nSPS) is 12.3. The Hall–Kier alpha value is -2.48. The van der Waals surface area contributed by atoms with Crippen LogP contribution in [0.4, 0.5) is 0 Å². The summed E-state index contributed by atoms with van der Waals surface area (Å²) in [7, 11) is 0. The van der Waals surface area contributed by atoms with Crippen molar-refractivity contribution in [1.29, 1.82) is 0 Å². The fourth-order valence-corrected chi connectivity index (χ4v) is 1.82. The first-order valence-electron chi connectivity index (χ1n) is 6.38. The third-order valence-corrected chi connectivity index (χ3v) is 2.60. The molecule has 2 heteroatoms. The van der Waals surface area contributed by atoms with Crippen LogP contribution in [-0.2, 0) is 0 Å². The van der Waals surface area contributed by atoms with Crippen LogP contribution >= 0.6 is 0 Å². The van der Waals surface area contributed by atoms with Crippen molar-refractivity contribution in [3.05, 3.63) is 85.0 Å². The molecule has 1 aromatic carbocycles. The number of carbonyl (C=O) groups excluding carboxylic acids is 2. The number of ketones is 2. The van der Waals surface area contributed by atoms with Crippen LogP contribution in [0.3, 0.4) is 0 Å². The number of carbonyl (C=O) groups is 2.